The molecule has 0 saturated carbocycles. The molecule has 1 N–H and O–H groups in total. The Labute approximate surface area is 129 Å². The lowest BCUT2D eigenvalue weighted by Gasteiger charge is -2.06. The van der Waals surface area contributed by atoms with Crippen LogP contribution in [0.4, 0.5) is 5.69 Å². The Balaban J connectivity index is 2.13. The molecule has 0 spiro atoms. The predicted octanol–water partition coefficient (Wildman–Crippen LogP) is 3.23. The normalized spacial score (nSPS) is 9.81. The first kappa shape index (κ1) is 15.3. The lowest BCUT2D eigenvalue weighted by atomic mass is 10.3. The monoisotopic (exact) mass is 323 g/mol. The zero-order chi connectivity index (χ0) is 15.2. The molecule has 0 bridgehead atoms. The van der Waals surface area contributed by atoms with Gasteiger partial charge in [-0.2, -0.15) is 0 Å². The van der Waals surface area contributed by atoms with Gasteiger partial charge >= 0.3 is 5.69 Å². The van der Waals surface area contributed by atoms with Crippen molar-refractivity contribution in [1.82, 2.24) is 0 Å². The fourth-order valence-corrected chi connectivity index (χ4v) is 2.54. The van der Waals surface area contributed by atoms with Crippen LogP contribution < -0.4 is 4.74 Å². The van der Waals surface area contributed by atoms with Gasteiger partial charge in [0, 0.05) is 21.9 Å². The highest BCUT2D eigenvalue weighted by Gasteiger charge is 2.18. The molecule has 0 fully saturated rings. The fraction of sp³-hybridized carbons (Fsp3) is 0.143. The summed E-state index contributed by atoms with van der Waals surface area (Å²) in [5.74, 6) is 5.38. The van der Waals surface area contributed by atoms with Gasteiger partial charge in [0.2, 0.25) is 5.75 Å². The number of rotatable bonds is 4. The van der Waals surface area contributed by atoms with Crippen LogP contribution in [0.15, 0.2) is 29.6 Å². The molecular formula is C14H10ClNO4S. The summed E-state index contributed by atoms with van der Waals surface area (Å²) in [5, 5.41) is 21.6. The zero-order valence-electron chi connectivity index (χ0n) is 10.7. The van der Waals surface area contributed by atoms with Crippen molar-refractivity contribution < 1.29 is 14.8 Å². The molecule has 0 amide bonds. The van der Waals surface area contributed by atoms with Gasteiger partial charge in [-0.1, -0.05) is 29.5 Å². The van der Waals surface area contributed by atoms with Crippen LogP contribution in [-0.4, -0.2) is 16.6 Å². The van der Waals surface area contributed by atoms with E-state index in [2.05, 4.69) is 11.8 Å². The van der Waals surface area contributed by atoms with Crippen LogP contribution >= 0.6 is 22.9 Å². The van der Waals surface area contributed by atoms with Gasteiger partial charge in [-0.15, -0.1) is 11.3 Å². The van der Waals surface area contributed by atoms with Crippen molar-refractivity contribution in [3.63, 3.8) is 0 Å². The number of nitrogens with zero attached hydrogens (tertiary/aromatic N) is 1. The summed E-state index contributed by atoms with van der Waals surface area (Å²) in [6, 6.07) is 6.18. The van der Waals surface area contributed by atoms with E-state index >= 15 is 0 Å². The molecule has 0 unspecified atom stereocenters. The third-order valence-electron chi connectivity index (χ3n) is 2.47. The summed E-state index contributed by atoms with van der Waals surface area (Å²) in [5.41, 5.74) is 0.598. The molecule has 1 aromatic heterocycles. The van der Waals surface area contributed by atoms with E-state index in [0.29, 0.717) is 0 Å². The first-order chi connectivity index (χ1) is 10.1. The number of para-hydroxylation sites is 1. The SMILES string of the molecule is O=[N+]([O-])c1cccc(Cl)c1OCc1cc(C#CCO)cs1. The van der Waals surface area contributed by atoms with Crippen LogP contribution in [0.2, 0.25) is 5.02 Å². The van der Waals surface area contributed by atoms with E-state index in [-0.39, 0.29) is 29.7 Å². The molecule has 0 aliphatic heterocycles. The lowest BCUT2D eigenvalue weighted by molar-refractivity contribution is -0.385. The average Bonchev–Trinajstić information content (AvgIpc) is 2.91. The molecular weight excluding hydrogens is 314 g/mol. The summed E-state index contributed by atoms with van der Waals surface area (Å²) in [7, 11) is 0. The molecule has 1 heterocycles. The minimum atomic E-state index is -0.534. The number of benzene rings is 1. The van der Waals surface area contributed by atoms with E-state index < -0.39 is 4.92 Å². The van der Waals surface area contributed by atoms with Crippen LogP contribution in [0.3, 0.4) is 0 Å². The largest absolute Gasteiger partial charge is 0.480 e. The Bertz CT molecular complexity index is 717. The molecule has 1 aromatic carbocycles. The summed E-state index contributed by atoms with van der Waals surface area (Å²) < 4.78 is 5.47. The molecule has 2 rings (SSSR count). The first-order valence-corrected chi connectivity index (χ1v) is 7.10. The maximum atomic E-state index is 10.9. The van der Waals surface area contributed by atoms with Gasteiger partial charge in [0.25, 0.3) is 0 Å². The zero-order valence-corrected chi connectivity index (χ0v) is 12.3. The highest BCUT2D eigenvalue weighted by Crippen LogP contribution is 2.35. The molecule has 7 heteroatoms. The van der Waals surface area contributed by atoms with Gasteiger partial charge in [0.05, 0.1) is 9.95 Å². The number of ether oxygens (including phenoxy) is 1. The van der Waals surface area contributed by atoms with Crippen molar-refractivity contribution in [3.05, 3.63) is 55.2 Å². The number of hydrogen-bond donors (Lipinski definition) is 1. The average molecular weight is 324 g/mol. The third-order valence-corrected chi connectivity index (χ3v) is 3.68. The number of aliphatic hydroxyl groups is 1. The van der Waals surface area contributed by atoms with E-state index in [1.165, 1.54) is 29.5 Å². The number of halogens is 1. The summed E-state index contributed by atoms with van der Waals surface area (Å²) in [6.07, 6.45) is 0. The highest BCUT2D eigenvalue weighted by molar-refractivity contribution is 7.10. The Kier molecular flexibility index (Phi) is 5.17. The van der Waals surface area contributed by atoms with Gasteiger partial charge in [-0.25, -0.2) is 0 Å². The number of aliphatic hydroxyl groups excluding tert-OH is 1. The molecule has 0 aliphatic carbocycles. The number of nitro groups is 1. The van der Waals surface area contributed by atoms with Crippen molar-refractivity contribution in [2.75, 3.05) is 6.61 Å². The smallest absolute Gasteiger partial charge is 0.312 e. The topological polar surface area (TPSA) is 72.6 Å². The second-order valence-corrected chi connectivity index (χ2v) is 5.30. The molecule has 0 atom stereocenters. The van der Waals surface area contributed by atoms with E-state index in [9.17, 15) is 10.1 Å². The van der Waals surface area contributed by atoms with Gasteiger partial charge in [-0.05, 0) is 12.1 Å². The summed E-state index contributed by atoms with van der Waals surface area (Å²) in [4.78, 5) is 11.3. The first-order valence-electron chi connectivity index (χ1n) is 5.84. The minimum absolute atomic E-state index is 0.0561. The third kappa shape index (κ3) is 3.95. The fourth-order valence-electron chi connectivity index (χ4n) is 1.59. The van der Waals surface area contributed by atoms with Crippen LogP contribution in [-0.2, 0) is 6.61 Å². The molecule has 0 saturated heterocycles. The molecule has 0 radical (unpaired) electrons. The number of nitro benzene ring substituents is 1. The Morgan fingerprint density at radius 2 is 2.29 bits per heavy atom. The van der Waals surface area contributed by atoms with Crippen LogP contribution in [0.25, 0.3) is 0 Å². The van der Waals surface area contributed by atoms with Crippen molar-refractivity contribution >= 4 is 28.6 Å². The number of hydrogen-bond acceptors (Lipinski definition) is 5. The van der Waals surface area contributed by atoms with Gasteiger partial charge in [-0.3, -0.25) is 10.1 Å². The summed E-state index contributed by atoms with van der Waals surface area (Å²) in [6.45, 7) is -0.0382. The van der Waals surface area contributed by atoms with E-state index in [4.69, 9.17) is 21.4 Å². The van der Waals surface area contributed by atoms with E-state index in [1.807, 2.05) is 5.38 Å². The van der Waals surface area contributed by atoms with E-state index in [0.717, 1.165) is 10.4 Å². The maximum Gasteiger partial charge on any atom is 0.312 e. The van der Waals surface area contributed by atoms with Crippen LogP contribution in [0.1, 0.15) is 10.4 Å². The molecule has 2 aromatic rings. The van der Waals surface area contributed by atoms with Gasteiger partial charge in [0.1, 0.15) is 13.2 Å². The van der Waals surface area contributed by atoms with Crippen molar-refractivity contribution in [2.45, 2.75) is 6.61 Å². The second-order valence-electron chi connectivity index (χ2n) is 3.90. The predicted molar refractivity (Wildman–Crippen MR) is 80.7 cm³/mol. The van der Waals surface area contributed by atoms with E-state index in [1.54, 1.807) is 6.07 Å². The van der Waals surface area contributed by atoms with Crippen molar-refractivity contribution in [1.29, 1.82) is 0 Å². The van der Waals surface area contributed by atoms with Crippen molar-refractivity contribution in [2.24, 2.45) is 0 Å². The lowest BCUT2D eigenvalue weighted by Crippen LogP contribution is -1.98. The van der Waals surface area contributed by atoms with Crippen molar-refractivity contribution in [3.8, 4) is 17.6 Å². The highest BCUT2D eigenvalue weighted by atomic mass is 35.5. The molecule has 0 aliphatic rings. The van der Waals surface area contributed by atoms with Crippen LogP contribution in [0, 0.1) is 22.0 Å². The molecule has 5 nitrogen and oxygen atoms in total. The minimum Gasteiger partial charge on any atom is -0.480 e. The van der Waals surface area contributed by atoms with Gasteiger partial charge < -0.3 is 9.84 Å². The quantitative estimate of drug-likeness (QED) is 0.532. The standard InChI is InChI=1S/C14H10ClNO4S/c15-12-4-1-5-13(16(18)19)14(12)20-8-11-7-10(9-21-11)3-2-6-17/h1,4-5,7,9,17H,6,8H2. The van der Waals surface area contributed by atoms with Crippen LogP contribution in [0.5, 0.6) is 5.75 Å². The second kappa shape index (κ2) is 7.09. The maximum absolute atomic E-state index is 10.9. The summed E-state index contributed by atoms with van der Waals surface area (Å²) >= 11 is 7.35. The molecule has 21 heavy (non-hydrogen) atoms. The van der Waals surface area contributed by atoms with Gasteiger partial charge in [0.15, 0.2) is 0 Å². The number of thiophene rings is 1. The Morgan fingerprint density at radius 3 is 3.00 bits per heavy atom. The Hall–Kier alpha value is -2.07. The molecule has 108 valence electrons. The Morgan fingerprint density at radius 1 is 1.48 bits per heavy atom.